The van der Waals surface area contributed by atoms with Gasteiger partial charge in [0.15, 0.2) is 5.96 Å². The monoisotopic (exact) mass is 212 g/mol. The summed E-state index contributed by atoms with van der Waals surface area (Å²) in [5.74, 6) is 1.33. The van der Waals surface area contributed by atoms with Gasteiger partial charge >= 0.3 is 0 Å². The first-order chi connectivity index (χ1) is 7.22. The summed E-state index contributed by atoms with van der Waals surface area (Å²) < 4.78 is 0. The molecule has 3 N–H and O–H groups in total. The maximum atomic E-state index is 5.73. The molecular formula is C11H24N4. The Morgan fingerprint density at radius 1 is 1.47 bits per heavy atom. The molecule has 0 radical (unpaired) electrons. The molecule has 1 heterocycles. The molecule has 0 unspecified atom stereocenters. The van der Waals surface area contributed by atoms with Gasteiger partial charge in [-0.25, -0.2) is 0 Å². The molecule has 0 bridgehead atoms. The molecule has 0 spiro atoms. The lowest BCUT2D eigenvalue weighted by atomic mass is 9.97. The molecule has 0 aromatic rings. The van der Waals surface area contributed by atoms with Crippen molar-refractivity contribution in [3.63, 3.8) is 0 Å². The van der Waals surface area contributed by atoms with Crippen molar-refractivity contribution in [2.75, 3.05) is 33.2 Å². The molecule has 0 aromatic heterocycles. The summed E-state index contributed by atoms with van der Waals surface area (Å²) in [6, 6.07) is 0. The van der Waals surface area contributed by atoms with Crippen molar-refractivity contribution in [2.45, 2.75) is 26.2 Å². The fourth-order valence-corrected chi connectivity index (χ4v) is 1.78. The van der Waals surface area contributed by atoms with E-state index in [4.69, 9.17) is 5.73 Å². The average Bonchev–Trinajstić information content (AvgIpc) is 2.25. The van der Waals surface area contributed by atoms with Gasteiger partial charge in [0.05, 0.1) is 0 Å². The number of hydrogen-bond donors (Lipinski definition) is 2. The first-order valence-electron chi connectivity index (χ1n) is 5.94. The minimum Gasteiger partial charge on any atom is -0.370 e. The Labute approximate surface area is 92.9 Å². The predicted octanol–water partition coefficient (Wildman–Crippen LogP) is 0.643. The van der Waals surface area contributed by atoms with Crippen molar-refractivity contribution < 1.29 is 0 Å². The number of piperidine rings is 1. The third kappa shape index (κ3) is 5.02. The summed E-state index contributed by atoms with van der Waals surface area (Å²) >= 11 is 0. The Morgan fingerprint density at radius 2 is 2.13 bits per heavy atom. The van der Waals surface area contributed by atoms with Crippen LogP contribution in [0.15, 0.2) is 4.99 Å². The number of guanidine groups is 1. The molecule has 0 aliphatic carbocycles. The van der Waals surface area contributed by atoms with Crippen LogP contribution in [-0.2, 0) is 0 Å². The number of likely N-dealkylation sites (tertiary alicyclic amines) is 1. The quantitative estimate of drug-likeness (QED) is 0.531. The van der Waals surface area contributed by atoms with Gasteiger partial charge in [-0.1, -0.05) is 6.92 Å². The Balaban J connectivity index is 2.18. The second kappa shape index (κ2) is 6.67. The Bertz CT molecular complexity index is 195. The molecule has 4 heteroatoms. The lowest BCUT2D eigenvalue weighted by Gasteiger charge is -2.27. The van der Waals surface area contributed by atoms with E-state index in [0.29, 0.717) is 5.96 Å². The zero-order chi connectivity index (χ0) is 11.1. The van der Waals surface area contributed by atoms with Gasteiger partial charge in [0.2, 0.25) is 0 Å². The van der Waals surface area contributed by atoms with Crippen molar-refractivity contribution in [2.24, 2.45) is 16.6 Å². The predicted molar refractivity (Wildman–Crippen MR) is 65.0 cm³/mol. The van der Waals surface area contributed by atoms with E-state index in [0.717, 1.165) is 25.4 Å². The van der Waals surface area contributed by atoms with Gasteiger partial charge in [0, 0.05) is 13.1 Å². The fraction of sp³-hybridized carbons (Fsp3) is 0.909. The van der Waals surface area contributed by atoms with Crippen LogP contribution in [0.5, 0.6) is 0 Å². The topological polar surface area (TPSA) is 53.6 Å². The highest BCUT2D eigenvalue weighted by Crippen LogP contribution is 2.15. The second-order valence-electron chi connectivity index (χ2n) is 4.40. The van der Waals surface area contributed by atoms with Crippen LogP contribution in [-0.4, -0.2) is 44.1 Å². The van der Waals surface area contributed by atoms with Crippen LogP contribution in [0.25, 0.3) is 0 Å². The number of nitrogens with zero attached hydrogens (tertiary/aromatic N) is 2. The zero-order valence-electron chi connectivity index (χ0n) is 10.00. The number of nitrogens with two attached hydrogens (primary N) is 1. The van der Waals surface area contributed by atoms with Crippen molar-refractivity contribution in [3.8, 4) is 0 Å². The highest BCUT2D eigenvalue weighted by atomic mass is 15.1. The third-order valence-corrected chi connectivity index (χ3v) is 2.91. The maximum absolute atomic E-state index is 5.73. The van der Waals surface area contributed by atoms with Crippen molar-refractivity contribution in [1.29, 1.82) is 0 Å². The van der Waals surface area contributed by atoms with E-state index in [1.165, 1.54) is 25.9 Å². The number of hydrogen-bond acceptors (Lipinski definition) is 2. The van der Waals surface area contributed by atoms with E-state index in [-0.39, 0.29) is 0 Å². The third-order valence-electron chi connectivity index (χ3n) is 2.91. The molecule has 0 amide bonds. The van der Waals surface area contributed by atoms with Crippen LogP contribution in [0.3, 0.4) is 0 Å². The molecule has 0 atom stereocenters. The smallest absolute Gasteiger partial charge is 0.188 e. The molecule has 1 aliphatic heterocycles. The standard InChI is InChI=1S/C11H24N4/c1-3-6-13-11(12)14-9-10-4-7-15(2)8-5-10/h10H,3-9H2,1-2H3,(H3,12,13,14). The number of rotatable bonds is 4. The van der Waals surface area contributed by atoms with Crippen LogP contribution in [0.2, 0.25) is 0 Å². The van der Waals surface area contributed by atoms with E-state index in [1.54, 1.807) is 0 Å². The maximum Gasteiger partial charge on any atom is 0.188 e. The van der Waals surface area contributed by atoms with Crippen LogP contribution in [0.4, 0.5) is 0 Å². The Morgan fingerprint density at radius 3 is 2.73 bits per heavy atom. The van der Waals surface area contributed by atoms with Gasteiger partial charge in [0.25, 0.3) is 0 Å². The van der Waals surface area contributed by atoms with Crippen LogP contribution >= 0.6 is 0 Å². The first kappa shape index (κ1) is 12.3. The van der Waals surface area contributed by atoms with Crippen LogP contribution in [0, 0.1) is 5.92 Å². The SMILES string of the molecule is CCCNC(N)=NCC1CCN(C)CC1. The van der Waals surface area contributed by atoms with E-state index in [1.807, 2.05) is 0 Å². The molecule has 1 fully saturated rings. The molecular weight excluding hydrogens is 188 g/mol. The van der Waals surface area contributed by atoms with Crippen molar-refractivity contribution in [1.82, 2.24) is 10.2 Å². The van der Waals surface area contributed by atoms with Crippen molar-refractivity contribution in [3.05, 3.63) is 0 Å². The van der Waals surface area contributed by atoms with Gasteiger partial charge in [0.1, 0.15) is 0 Å². The van der Waals surface area contributed by atoms with E-state index >= 15 is 0 Å². The highest BCUT2D eigenvalue weighted by Gasteiger charge is 2.15. The second-order valence-corrected chi connectivity index (χ2v) is 4.40. The molecule has 1 aliphatic rings. The first-order valence-corrected chi connectivity index (χ1v) is 5.94. The van der Waals surface area contributed by atoms with E-state index in [9.17, 15) is 0 Å². The summed E-state index contributed by atoms with van der Waals surface area (Å²) in [6.07, 6.45) is 3.59. The number of nitrogens with one attached hydrogen (secondary N) is 1. The summed E-state index contributed by atoms with van der Waals surface area (Å²) in [7, 11) is 2.18. The summed E-state index contributed by atoms with van der Waals surface area (Å²) in [5, 5.41) is 3.10. The van der Waals surface area contributed by atoms with Gasteiger partial charge in [-0.05, 0) is 45.3 Å². The Kier molecular flexibility index (Phi) is 5.47. The van der Waals surface area contributed by atoms with E-state index in [2.05, 4.69) is 29.2 Å². The van der Waals surface area contributed by atoms with Gasteiger partial charge < -0.3 is 16.0 Å². The van der Waals surface area contributed by atoms with Gasteiger partial charge in [-0.3, -0.25) is 4.99 Å². The molecule has 0 saturated carbocycles. The minimum atomic E-state index is 0.607. The van der Waals surface area contributed by atoms with Crippen LogP contribution < -0.4 is 11.1 Å². The molecule has 15 heavy (non-hydrogen) atoms. The summed E-state index contributed by atoms with van der Waals surface area (Å²) in [6.45, 7) is 6.32. The normalized spacial score (nSPS) is 20.5. The molecule has 4 nitrogen and oxygen atoms in total. The zero-order valence-corrected chi connectivity index (χ0v) is 10.00. The summed E-state index contributed by atoms with van der Waals surface area (Å²) in [4.78, 5) is 6.75. The molecule has 1 rings (SSSR count). The number of aliphatic imine (C=N–C) groups is 1. The summed E-state index contributed by atoms with van der Waals surface area (Å²) in [5.41, 5.74) is 5.73. The van der Waals surface area contributed by atoms with E-state index < -0.39 is 0 Å². The minimum absolute atomic E-state index is 0.607. The average molecular weight is 212 g/mol. The van der Waals surface area contributed by atoms with Gasteiger partial charge in [-0.15, -0.1) is 0 Å². The van der Waals surface area contributed by atoms with Gasteiger partial charge in [-0.2, -0.15) is 0 Å². The fourth-order valence-electron chi connectivity index (χ4n) is 1.78. The molecule has 0 aromatic carbocycles. The lowest BCUT2D eigenvalue weighted by Crippen LogP contribution is -2.34. The Hall–Kier alpha value is -0.770. The molecule has 88 valence electrons. The lowest BCUT2D eigenvalue weighted by molar-refractivity contribution is 0.223. The molecule has 1 saturated heterocycles. The largest absolute Gasteiger partial charge is 0.370 e. The van der Waals surface area contributed by atoms with Crippen LogP contribution in [0.1, 0.15) is 26.2 Å². The highest BCUT2D eigenvalue weighted by molar-refractivity contribution is 5.77. The van der Waals surface area contributed by atoms with Crippen molar-refractivity contribution >= 4 is 5.96 Å².